The summed E-state index contributed by atoms with van der Waals surface area (Å²) in [6.07, 6.45) is 0.606. The van der Waals surface area contributed by atoms with Gasteiger partial charge in [-0.25, -0.2) is 0 Å². The number of amides is 1. The van der Waals surface area contributed by atoms with Gasteiger partial charge in [0.05, 0.1) is 0 Å². The summed E-state index contributed by atoms with van der Waals surface area (Å²) >= 11 is 0. The molecule has 2 rings (SSSR count). The molecule has 1 N–H and O–H groups in total. The van der Waals surface area contributed by atoms with Crippen molar-refractivity contribution in [2.75, 3.05) is 19.6 Å². The van der Waals surface area contributed by atoms with E-state index in [0.717, 1.165) is 19.6 Å². The molecule has 1 aliphatic rings. The molecule has 1 amide bonds. The second-order valence-electron chi connectivity index (χ2n) is 5.60. The summed E-state index contributed by atoms with van der Waals surface area (Å²) in [7, 11) is 0. The van der Waals surface area contributed by atoms with Gasteiger partial charge in [0.1, 0.15) is 0 Å². The Bertz CT molecular complexity index is 444. The molecule has 1 aromatic carbocycles. The van der Waals surface area contributed by atoms with Gasteiger partial charge in [-0.1, -0.05) is 31.2 Å². The highest BCUT2D eigenvalue weighted by molar-refractivity contribution is 5.77. The first-order valence-corrected chi connectivity index (χ1v) is 7.15. The smallest absolute Gasteiger partial charge is 0.223 e. The van der Waals surface area contributed by atoms with Crippen molar-refractivity contribution in [2.24, 2.45) is 0 Å². The van der Waals surface area contributed by atoms with E-state index >= 15 is 0 Å². The van der Waals surface area contributed by atoms with E-state index in [2.05, 4.69) is 44.3 Å². The van der Waals surface area contributed by atoms with Crippen molar-refractivity contribution >= 4 is 5.91 Å². The van der Waals surface area contributed by atoms with Crippen LogP contribution in [-0.2, 0) is 4.79 Å². The average molecular weight is 260 g/mol. The standard InChI is InChI=1S/C16H24N2O/c1-12-6-4-5-7-15(12)13(2)10-16(19)18-9-8-17-11-14(18)3/h4-7,13-14,17H,8-11H2,1-3H3/t13-,14-/m0/s1. The number of carbonyl (C=O) groups is 1. The third-order valence-corrected chi connectivity index (χ3v) is 4.02. The maximum absolute atomic E-state index is 12.4. The fraction of sp³-hybridized carbons (Fsp3) is 0.562. The van der Waals surface area contributed by atoms with Crippen molar-refractivity contribution in [1.29, 1.82) is 0 Å². The molecule has 0 aromatic heterocycles. The Morgan fingerprint density at radius 3 is 2.89 bits per heavy atom. The number of rotatable bonds is 3. The monoisotopic (exact) mass is 260 g/mol. The lowest BCUT2D eigenvalue weighted by atomic mass is 9.93. The van der Waals surface area contributed by atoms with Crippen LogP contribution in [0, 0.1) is 6.92 Å². The van der Waals surface area contributed by atoms with Crippen molar-refractivity contribution < 1.29 is 4.79 Å². The summed E-state index contributed by atoms with van der Waals surface area (Å²) in [5, 5.41) is 3.32. The van der Waals surface area contributed by atoms with Crippen molar-refractivity contribution in [3.8, 4) is 0 Å². The summed E-state index contributed by atoms with van der Waals surface area (Å²) in [4.78, 5) is 14.4. The molecular formula is C16H24N2O. The zero-order valence-electron chi connectivity index (χ0n) is 12.1. The SMILES string of the molecule is Cc1ccccc1[C@@H](C)CC(=O)N1CCNC[C@@H]1C. The lowest BCUT2D eigenvalue weighted by Gasteiger charge is -2.34. The van der Waals surface area contributed by atoms with Crippen molar-refractivity contribution in [1.82, 2.24) is 10.2 Å². The molecule has 2 atom stereocenters. The minimum atomic E-state index is 0.282. The molecule has 1 saturated heterocycles. The van der Waals surface area contributed by atoms with Crippen molar-refractivity contribution in [3.63, 3.8) is 0 Å². The van der Waals surface area contributed by atoms with Gasteiger partial charge in [-0.3, -0.25) is 4.79 Å². The molecule has 0 radical (unpaired) electrons. The number of piperazine rings is 1. The first-order chi connectivity index (χ1) is 9.09. The normalized spacial score (nSPS) is 21.2. The van der Waals surface area contributed by atoms with Gasteiger partial charge < -0.3 is 10.2 Å². The summed E-state index contributed by atoms with van der Waals surface area (Å²) in [5.74, 6) is 0.570. The maximum atomic E-state index is 12.4. The lowest BCUT2D eigenvalue weighted by Crippen LogP contribution is -2.52. The number of nitrogens with one attached hydrogen (secondary N) is 1. The number of hydrogen-bond donors (Lipinski definition) is 1. The highest BCUT2D eigenvalue weighted by Gasteiger charge is 2.24. The van der Waals surface area contributed by atoms with Crippen LogP contribution in [0.15, 0.2) is 24.3 Å². The first-order valence-electron chi connectivity index (χ1n) is 7.15. The number of benzene rings is 1. The van der Waals surface area contributed by atoms with E-state index in [0.29, 0.717) is 12.5 Å². The Morgan fingerprint density at radius 2 is 2.21 bits per heavy atom. The van der Waals surface area contributed by atoms with Gasteiger partial charge in [0.25, 0.3) is 0 Å². The van der Waals surface area contributed by atoms with E-state index in [1.165, 1.54) is 11.1 Å². The van der Waals surface area contributed by atoms with E-state index in [9.17, 15) is 4.79 Å². The van der Waals surface area contributed by atoms with Gasteiger partial charge in [0.15, 0.2) is 0 Å². The summed E-state index contributed by atoms with van der Waals surface area (Å²) in [5.41, 5.74) is 2.56. The molecule has 1 fully saturated rings. The molecule has 0 saturated carbocycles. The Balaban J connectivity index is 2.00. The molecule has 19 heavy (non-hydrogen) atoms. The third-order valence-electron chi connectivity index (χ3n) is 4.02. The van der Waals surface area contributed by atoms with Crippen LogP contribution in [0.25, 0.3) is 0 Å². The van der Waals surface area contributed by atoms with Crippen LogP contribution in [0.4, 0.5) is 0 Å². The molecule has 104 valence electrons. The highest BCUT2D eigenvalue weighted by Crippen LogP contribution is 2.23. The molecule has 3 nitrogen and oxygen atoms in total. The molecule has 1 aliphatic heterocycles. The highest BCUT2D eigenvalue weighted by atomic mass is 16.2. The second kappa shape index (κ2) is 6.20. The van der Waals surface area contributed by atoms with Crippen molar-refractivity contribution in [3.05, 3.63) is 35.4 Å². The minimum absolute atomic E-state index is 0.282. The Labute approximate surface area is 116 Å². The summed E-state index contributed by atoms with van der Waals surface area (Å²) in [6.45, 7) is 9.03. The van der Waals surface area contributed by atoms with Crippen LogP contribution in [-0.4, -0.2) is 36.5 Å². The van der Waals surface area contributed by atoms with Gasteiger partial charge in [0.2, 0.25) is 5.91 Å². The molecule has 0 unspecified atom stereocenters. The Hall–Kier alpha value is -1.35. The molecule has 3 heteroatoms. The predicted molar refractivity (Wildman–Crippen MR) is 78.3 cm³/mol. The number of aryl methyl sites for hydroxylation is 1. The predicted octanol–water partition coefficient (Wildman–Crippen LogP) is 2.31. The van der Waals surface area contributed by atoms with E-state index in [1.807, 2.05) is 11.0 Å². The minimum Gasteiger partial charge on any atom is -0.337 e. The molecule has 1 heterocycles. The third kappa shape index (κ3) is 3.35. The van der Waals surface area contributed by atoms with E-state index < -0.39 is 0 Å². The van der Waals surface area contributed by atoms with E-state index in [-0.39, 0.29) is 11.8 Å². The van der Waals surface area contributed by atoms with Crippen LogP contribution in [0.2, 0.25) is 0 Å². The van der Waals surface area contributed by atoms with E-state index in [1.54, 1.807) is 0 Å². The van der Waals surface area contributed by atoms with Crippen LogP contribution in [0.5, 0.6) is 0 Å². The van der Waals surface area contributed by atoms with Gasteiger partial charge in [0, 0.05) is 32.1 Å². The van der Waals surface area contributed by atoms with Crippen LogP contribution in [0.3, 0.4) is 0 Å². The zero-order valence-corrected chi connectivity index (χ0v) is 12.1. The molecular weight excluding hydrogens is 236 g/mol. The topological polar surface area (TPSA) is 32.3 Å². The molecule has 0 spiro atoms. The average Bonchev–Trinajstić information content (AvgIpc) is 2.39. The number of carbonyl (C=O) groups excluding carboxylic acids is 1. The lowest BCUT2D eigenvalue weighted by molar-refractivity contribution is -0.134. The molecule has 0 bridgehead atoms. The van der Waals surface area contributed by atoms with E-state index in [4.69, 9.17) is 0 Å². The largest absolute Gasteiger partial charge is 0.337 e. The van der Waals surface area contributed by atoms with Crippen LogP contribution >= 0.6 is 0 Å². The fourth-order valence-corrected chi connectivity index (χ4v) is 2.84. The van der Waals surface area contributed by atoms with Crippen molar-refractivity contribution in [2.45, 2.75) is 39.2 Å². The van der Waals surface area contributed by atoms with Crippen LogP contribution in [0.1, 0.15) is 37.3 Å². The summed E-state index contributed by atoms with van der Waals surface area (Å²) < 4.78 is 0. The fourth-order valence-electron chi connectivity index (χ4n) is 2.84. The summed E-state index contributed by atoms with van der Waals surface area (Å²) in [6, 6.07) is 8.66. The number of hydrogen-bond acceptors (Lipinski definition) is 2. The Kier molecular flexibility index (Phi) is 4.59. The first kappa shape index (κ1) is 14.1. The van der Waals surface area contributed by atoms with Gasteiger partial charge in [-0.2, -0.15) is 0 Å². The number of nitrogens with zero attached hydrogens (tertiary/aromatic N) is 1. The van der Waals surface area contributed by atoms with Gasteiger partial charge in [-0.05, 0) is 30.9 Å². The van der Waals surface area contributed by atoms with Gasteiger partial charge in [-0.15, -0.1) is 0 Å². The molecule has 0 aliphatic carbocycles. The van der Waals surface area contributed by atoms with Crippen LogP contribution < -0.4 is 5.32 Å². The quantitative estimate of drug-likeness (QED) is 0.904. The second-order valence-corrected chi connectivity index (χ2v) is 5.60. The van der Waals surface area contributed by atoms with Gasteiger partial charge >= 0.3 is 0 Å². The Morgan fingerprint density at radius 1 is 1.47 bits per heavy atom. The molecule has 1 aromatic rings. The maximum Gasteiger partial charge on any atom is 0.223 e. The zero-order chi connectivity index (χ0) is 13.8.